The fourth-order valence-electron chi connectivity index (χ4n) is 1.71. The predicted molar refractivity (Wildman–Crippen MR) is 79.2 cm³/mol. The van der Waals surface area contributed by atoms with Gasteiger partial charge in [-0.05, 0) is 30.5 Å². The average molecular weight is 299 g/mol. The van der Waals surface area contributed by atoms with Gasteiger partial charge in [0, 0.05) is 16.8 Å². The Morgan fingerprint density at radius 3 is 2.55 bits per heavy atom. The van der Waals surface area contributed by atoms with Crippen molar-refractivity contribution >= 4 is 29.3 Å². The van der Waals surface area contributed by atoms with Crippen molar-refractivity contribution in [3.05, 3.63) is 28.8 Å². The van der Waals surface area contributed by atoms with Crippen molar-refractivity contribution in [3.63, 3.8) is 0 Å². The van der Waals surface area contributed by atoms with Crippen LogP contribution in [0, 0.1) is 12.8 Å². The van der Waals surface area contributed by atoms with Crippen LogP contribution in [0.5, 0.6) is 0 Å². The van der Waals surface area contributed by atoms with Crippen LogP contribution in [0.4, 0.5) is 10.5 Å². The van der Waals surface area contributed by atoms with Gasteiger partial charge in [0.25, 0.3) is 0 Å². The number of carbonyl (C=O) groups is 2. The number of carboxylic acids is 1. The van der Waals surface area contributed by atoms with Crippen LogP contribution in [0.25, 0.3) is 0 Å². The number of hydrogen-bond donors (Lipinski definition) is 3. The molecule has 0 spiro atoms. The summed E-state index contributed by atoms with van der Waals surface area (Å²) in [6, 6.07) is 4.36. The van der Waals surface area contributed by atoms with Gasteiger partial charge in [-0.15, -0.1) is 0 Å². The van der Waals surface area contributed by atoms with Gasteiger partial charge in [-0.25, -0.2) is 4.79 Å². The predicted octanol–water partition coefficient (Wildman–Crippen LogP) is 3.27. The van der Waals surface area contributed by atoms with Crippen molar-refractivity contribution in [2.75, 3.05) is 5.32 Å². The molecule has 110 valence electrons. The molecule has 1 rings (SSSR count). The molecule has 1 aromatic rings. The minimum Gasteiger partial charge on any atom is -0.481 e. The van der Waals surface area contributed by atoms with E-state index in [2.05, 4.69) is 10.6 Å². The van der Waals surface area contributed by atoms with E-state index >= 15 is 0 Å². The van der Waals surface area contributed by atoms with Gasteiger partial charge in [0.15, 0.2) is 0 Å². The average Bonchev–Trinajstić information content (AvgIpc) is 2.33. The van der Waals surface area contributed by atoms with Crippen molar-refractivity contribution < 1.29 is 14.7 Å². The summed E-state index contributed by atoms with van der Waals surface area (Å²) >= 11 is 5.97. The van der Waals surface area contributed by atoms with Gasteiger partial charge >= 0.3 is 12.0 Å². The zero-order valence-electron chi connectivity index (χ0n) is 11.7. The third-order valence-corrected chi connectivity index (χ3v) is 3.44. The number of hydrogen-bond acceptors (Lipinski definition) is 2. The Hall–Kier alpha value is -1.75. The number of aliphatic carboxylic acids is 1. The van der Waals surface area contributed by atoms with Crippen LogP contribution in [0.3, 0.4) is 0 Å². The van der Waals surface area contributed by atoms with E-state index in [0.29, 0.717) is 10.7 Å². The molecule has 0 saturated carbocycles. The largest absolute Gasteiger partial charge is 0.481 e. The fourth-order valence-corrected chi connectivity index (χ4v) is 1.89. The molecule has 0 aliphatic rings. The zero-order valence-corrected chi connectivity index (χ0v) is 12.5. The minimum absolute atomic E-state index is 0.0253. The number of rotatable bonds is 5. The van der Waals surface area contributed by atoms with Gasteiger partial charge in [0.1, 0.15) is 0 Å². The lowest BCUT2D eigenvalue weighted by atomic mass is 10.0. The zero-order chi connectivity index (χ0) is 15.3. The summed E-state index contributed by atoms with van der Waals surface area (Å²) in [7, 11) is 0. The molecular weight excluding hydrogens is 280 g/mol. The third kappa shape index (κ3) is 4.74. The molecule has 1 unspecified atom stereocenters. The maximum absolute atomic E-state index is 11.9. The number of halogens is 1. The van der Waals surface area contributed by atoms with Crippen LogP contribution in [-0.2, 0) is 4.79 Å². The molecule has 0 aliphatic carbocycles. The van der Waals surface area contributed by atoms with Crippen LogP contribution in [0.1, 0.15) is 25.8 Å². The molecule has 3 N–H and O–H groups in total. The first-order chi connectivity index (χ1) is 9.31. The Kier molecular flexibility index (Phi) is 5.82. The van der Waals surface area contributed by atoms with E-state index in [1.54, 1.807) is 25.1 Å². The number of nitrogens with one attached hydrogen (secondary N) is 2. The van der Waals surface area contributed by atoms with Crippen molar-refractivity contribution in [2.24, 2.45) is 5.92 Å². The van der Waals surface area contributed by atoms with E-state index < -0.39 is 18.0 Å². The maximum Gasteiger partial charge on any atom is 0.319 e. The highest BCUT2D eigenvalue weighted by Gasteiger charge is 2.19. The standard InChI is InChI=1S/C14H19ClN2O3/c1-8(2)12(7-13(18)19)17-14(20)16-11-6-4-5-10(15)9(11)3/h4-6,8,12H,7H2,1-3H3,(H,18,19)(H2,16,17,20). The molecule has 0 saturated heterocycles. The van der Waals surface area contributed by atoms with Crippen LogP contribution in [0.2, 0.25) is 5.02 Å². The Bertz CT molecular complexity index is 503. The second-order valence-corrected chi connectivity index (χ2v) is 5.37. The minimum atomic E-state index is -0.942. The number of carbonyl (C=O) groups excluding carboxylic acids is 1. The lowest BCUT2D eigenvalue weighted by molar-refractivity contribution is -0.137. The topological polar surface area (TPSA) is 78.4 Å². The second-order valence-electron chi connectivity index (χ2n) is 4.96. The fraction of sp³-hybridized carbons (Fsp3) is 0.429. The normalized spacial score (nSPS) is 12.1. The molecule has 6 heteroatoms. The van der Waals surface area contributed by atoms with Crippen LogP contribution in [-0.4, -0.2) is 23.1 Å². The lowest BCUT2D eigenvalue weighted by Gasteiger charge is -2.21. The summed E-state index contributed by atoms with van der Waals surface area (Å²) in [4.78, 5) is 22.7. The summed E-state index contributed by atoms with van der Waals surface area (Å²) in [5.74, 6) is -0.916. The van der Waals surface area contributed by atoms with E-state index in [1.807, 2.05) is 13.8 Å². The van der Waals surface area contributed by atoms with Gasteiger partial charge in [-0.3, -0.25) is 4.79 Å². The first-order valence-electron chi connectivity index (χ1n) is 6.35. The summed E-state index contributed by atoms with van der Waals surface area (Å²) < 4.78 is 0. The molecule has 20 heavy (non-hydrogen) atoms. The molecular formula is C14H19ClN2O3. The second kappa shape index (κ2) is 7.14. The monoisotopic (exact) mass is 298 g/mol. The molecule has 1 atom stereocenters. The molecule has 0 fully saturated rings. The van der Waals surface area contributed by atoms with E-state index in [-0.39, 0.29) is 12.3 Å². The summed E-state index contributed by atoms with van der Waals surface area (Å²) in [6.45, 7) is 5.52. The van der Waals surface area contributed by atoms with Crippen molar-refractivity contribution in [3.8, 4) is 0 Å². The van der Waals surface area contributed by atoms with Gasteiger partial charge in [-0.1, -0.05) is 31.5 Å². The highest BCUT2D eigenvalue weighted by atomic mass is 35.5. The van der Waals surface area contributed by atoms with Crippen LogP contribution < -0.4 is 10.6 Å². The van der Waals surface area contributed by atoms with Crippen molar-refractivity contribution in [2.45, 2.75) is 33.2 Å². The van der Waals surface area contributed by atoms with E-state index in [4.69, 9.17) is 16.7 Å². The SMILES string of the molecule is Cc1c(Cl)cccc1NC(=O)NC(CC(=O)O)C(C)C. The molecule has 0 radical (unpaired) electrons. The van der Waals surface area contributed by atoms with Gasteiger partial charge in [-0.2, -0.15) is 0 Å². The summed E-state index contributed by atoms with van der Waals surface area (Å²) in [5.41, 5.74) is 1.37. The first-order valence-corrected chi connectivity index (χ1v) is 6.73. The van der Waals surface area contributed by atoms with Gasteiger partial charge < -0.3 is 15.7 Å². The Morgan fingerprint density at radius 2 is 2.00 bits per heavy atom. The quantitative estimate of drug-likeness (QED) is 0.780. The molecule has 0 heterocycles. The van der Waals surface area contributed by atoms with Crippen molar-refractivity contribution in [1.29, 1.82) is 0 Å². The van der Waals surface area contributed by atoms with Crippen molar-refractivity contribution in [1.82, 2.24) is 5.32 Å². The highest BCUT2D eigenvalue weighted by molar-refractivity contribution is 6.31. The van der Waals surface area contributed by atoms with Gasteiger partial charge in [0.05, 0.1) is 6.42 Å². The smallest absolute Gasteiger partial charge is 0.319 e. The lowest BCUT2D eigenvalue weighted by Crippen LogP contribution is -2.42. The Balaban J connectivity index is 2.70. The maximum atomic E-state index is 11.9. The number of benzene rings is 1. The number of carboxylic acid groups (broad SMARTS) is 1. The Morgan fingerprint density at radius 1 is 1.35 bits per heavy atom. The third-order valence-electron chi connectivity index (χ3n) is 3.03. The first kappa shape index (κ1) is 16.3. The molecule has 0 aliphatic heterocycles. The van der Waals surface area contributed by atoms with E-state index in [9.17, 15) is 9.59 Å². The number of urea groups is 1. The summed E-state index contributed by atoms with van der Waals surface area (Å²) in [6.07, 6.45) is -0.111. The van der Waals surface area contributed by atoms with E-state index in [1.165, 1.54) is 0 Å². The Labute approximate surface area is 123 Å². The molecule has 5 nitrogen and oxygen atoms in total. The van der Waals surface area contributed by atoms with E-state index in [0.717, 1.165) is 5.56 Å². The van der Waals surface area contributed by atoms with Crippen LogP contribution >= 0.6 is 11.6 Å². The van der Waals surface area contributed by atoms with Gasteiger partial charge in [0.2, 0.25) is 0 Å². The summed E-state index contributed by atoms with van der Waals surface area (Å²) in [5, 5.41) is 14.7. The van der Waals surface area contributed by atoms with Crippen LogP contribution in [0.15, 0.2) is 18.2 Å². The molecule has 1 aromatic carbocycles. The number of anilines is 1. The highest BCUT2D eigenvalue weighted by Crippen LogP contribution is 2.22. The molecule has 0 bridgehead atoms. The molecule has 0 aromatic heterocycles. The number of amides is 2. The molecule has 2 amide bonds.